The quantitative estimate of drug-likeness (QED) is 0.784. The highest BCUT2D eigenvalue weighted by Crippen LogP contribution is 2.25. The van der Waals surface area contributed by atoms with E-state index in [4.69, 9.17) is 21.1 Å². The molecule has 1 aliphatic heterocycles. The Balaban J connectivity index is 2.20. The molecule has 0 bridgehead atoms. The second-order valence-electron chi connectivity index (χ2n) is 4.36. The Bertz CT molecular complexity index is 381. The first kappa shape index (κ1) is 13.2. The number of aromatic nitrogens is 2. The van der Waals surface area contributed by atoms with Crippen molar-refractivity contribution in [1.82, 2.24) is 9.97 Å². The molecular formula is C12H18ClN3O2. The van der Waals surface area contributed by atoms with Gasteiger partial charge in [0, 0.05) is 19.0 Å². The van der Waals surface area contributed by atoms with Crippen molar-refractivity contribution in [2.75, 3.05) is 38.1 Å². The van der Waals surface area contributed by atoms with E-state index in [0.717, 1.165) is 19.5 Å². The smallest absolute Gasteiger partial charge is 0.231 e. The third-order valence-electron chi connectivity index (χ3n) is 3.11. The average molecular weight is 272 g/mol. The van der Waals surface area contributed by atoms with Crippen LogP contribution >= 0.6 is 11.6 Å². The summed E-state index contributed by atoms with van der Waals surface area (Å²) in [5, 5.41) is 0. The lowest BCUT2D eigenvalue weighted by Crippen LogP contribution is -2.37. The van der Waals surface area contributed by atoms with Crippen LogP contribution in [0.4, 0.5) is 5.95 Å². The Morgan fingerprint density at radius 2 is 2.00 bits per heavy atom. The van der Waals surface area contributed by atoms with Crippen LogP contribution in [0.5, 0.6) is 11.8 Å². The van der Waals surface area contributed by atoms with Gasteiger partial charge in [-0.3, -0.25) is 0 Å². The van der Waals surface area contributed by atoms with Crippen LogP contribution in [-0.2, 0) is 0 Å². The van der Waals surface area contributed by atoms with Crippen molar-refractivity contribution in [3.05, 3.63) is 6.07 Å². The molecule has 1 unspecified atom stereocenters. The maximum absolute atomic E-state index is 5.93. The van der Waals surface area contributed by atoms with Gasteiger partial charge in [0.15, 0.2) is 0 Å². The van der Waals surface area contributed by atoms with Crippen LogP contribution < -0.4 is 14.4 Å². The number of ether oxygens (including phenoxy) is 2. The molecule has 6 heteroatoms. The number of piperidine rings is 1. The Labute approximate surface area is 112 Å². The average Bonchev–Trinajstić information content (AvgIpc) is 2.46. The van der Waals surface area contributed by atoms with E-state index in [9.17, 15) is 0 Å². The number of methoxy groups -OCH3 is 2. The maximum Gasteiger partial charge on any atom is 0.231 e. The molecule has 0 saturated carbocycles. The molecule has 1 aromatic rings. The summed E-state index contributed by atoms with van der Waals surface area (Å²) >= 11 is 5.93. The predicted octanol–water partition coefficient (Wildman–Crippen LogP) is 1.95. The molecule has 0 aromatic carbocycles. The first-order chi connectivity index (χ1) is 8.76. The second kappa shape index (κ2) is 6.09. The van der Waals surface area contributed by atoms with Crippen LogP contribution in [0.25, 0.3) is 0 Å². The summed E-state index contributed by atoms with van der Waals surface area (Å²) in [4.78, 5) is 10.9. The van der Waals surface area contributed by atoms with Crippen molar-refractivity contribution in [2.24, 2.45) is 5.92 Å². The fourth-order valence-electron chi connectivity index (χ4n) is 2.12. The van der Waals surface area contributed by atoms with Crippen molar-refractivity contribution in [1.29, 1.82) is 0 Å². The normalized spacial score (nSPS) is 19.7. The molecular weight excluding hydrogens is 254 g/mol. The number of halogens is 1. The first-order valence-corrected chi connectivity index (χ1v) is 6.58. The summed E-state index contributed by atoms with van der Waals surface area (Å²) < 4.78 is 10.3. The minimum Gasteiger partial charge on any atom is -0.481 e. The summed E-state index contributed by atoms with van der Waals surface area (Å²) in [5.74, 6) is 2.87. The molecule has 0 radical (unpaired) electrons. The molecule has 0 amide bonds. The zero-order chi connectivity index (χ0) is 13.0. The molecule has 0 spiro atoms. The van der Waals surface area contributed by atoms with Gasteiger partial charge in [0.05, 0.1) is 20.3 Å². The second-order valence-corrected chi connectivity index (χ2v) is 4.67. The Morgan fingerprint density at radius 1 is 1.33 bits per heavy atom. The zero-order valence-corrected chi connectivity index (χ0v) is 11.5. The molecule has 2 heterocycles. The topological polar surface area (TPSA) is 47.5 Å². The van der Waals surface area contributed by atoms with E-state index in [1.165, 1.54) is 6.42 Å². The fraction of sp³-hybridized carbons (Fsp3) is 0.667. The van der Waals surface area contributed by atoms with Crippen LogP contribution in [0.3, 0.4) is 0 Å². The summed E-state index contributed by atoms with van der Waals surface area (Å²) in [7, 11) is 3.17. The predicted molar refractivity (Wildman–Crippen MR) is 70.8 cm³/mol. The van der Waals surface area contributed by atoms with Crippen molar-refractivity contribution in [3.63, 3.8) is 0 Å². The summed E-state index contributed by atoms with van der Waals surface area (Å²) in [5.41, 5.74) is 0. The van der Waals surface area contributed by atoms with E-state index < -0.39 is 0 Å². The molecule has 5 nitrogen and oxygen atoms in total. The largest absolute Gasteiger partial charge is 0.481 e. The Kier molecular flexibility index (Phi) is 4.47. The van der Waals surface area contributed by atoms with E-state index in [1.54, 1.807) is 20.3 Å². The lowest BCUT2D eigenvalue weighted by molar-refractivity contribution is 0.368. The Morgan fingerprint density at radius 3 is 2.56 bits per heavy atom. The monoisotopic (exact) mass is 271 g/mol. The molecule has 1 aromatic heterocycles. The highest BCUT2D eigenvalue weighted by molar-refractivity contribution is 6.18. The third-order valence-corrected chi connectivity index (χ3v) is 3.54. The van der Waals surface area contributed by atoms with Gasteiger partial charge >= 0.3 is 0 Å². The van der Waals surface area contributed by atoms with Gasteiger partial charge in [0.25, 0.3) is 0 Å². The van der Waals surface area contributed by atoms with Crippen molar-refractivity contribution < 1.29 is 9.47 Å². The van der Waals surface area contributed by atoms with Crippen LogP contribution in [0.1, 0.15) is 12.8 Å². The van der Waals surface area contributed by atoms with Gasteiger partial charge in [-0.15, -0.1) is 11.6 Å². The SMILES string of the molecule is COc1cc(OC)nc(N2CCCC(CCl)C2)n1. The maximum atomic E-state index is 5.93. The molecule has 0 aliphatic carbocycles. The summed E-state index contributed by atoms with van der Waals surface area (Å²) in [6.07, 6.45) is 2.28. The molecule has 18 heavy (non-hydrogen) atoms. The molecule has 1 saturated heterocycles. The van der Waals surface area contributed by atoms with Crippen molar-refractivity contribution >= 4 is 17.5 Å². The van der Waals surface area contributed by atoms with Gasteiger partial charge in [-0.05, 0) is 18.8 Å². The van der Waals surface area contributed by atoms with E-state index in [0.29, 0.717) is 29.5 Å². The summed E-state index contributed by atoms with van der Waals surface area (Å²) in [6.45, 7) is 1.84. The number of hydrogen-bond donors (Lipinski definition) is 0. The molecule has 0 N–H and O–H groups in total. The van der Waals surface area contributed by atoms with E-state index in [-0.39, 0.29) is 0 Å². The van der Waals surface area contributed by atoms with Crippen LogP contribution in [0.2, 0.25) is 0 Å². The van der Waals surface area contributed by atoms with Crippen molar-refractivity contribution in [2.45, 2.75) is 12.8 Å². The minimum absolute atomic E-state index is 0.501. The molecule has 100 valence electrons. The van der Waals surface area contributed by atoms with Gasteiger partial charge < -0.3 is 14.4 Å². The lowest BCUT2D eigenvalue weighted by Gasteiger charge is -2.31. The van der Waals surface area contributed by atoms with Crippen LogP contribution in [0.15, 0.2) is 6.07 Å². The van der Waals surface area contributed by atoms with Gasteiger partial charge in [-0.25, -0.2) is 0 Å². The first-order valence-electron chi connectivity index (χ1n) is 6.04. The minimum atomic E-state index is 0.501. The fourth-order valence-corrected chi connectivity index (χ4v) is 2.37. The van der Waals surface area contributed by atoms with E-state index in [1.807, 2.05) is 0 Å². The number of hydrogen-bond acceptors (Lipinski definition) is 5. The standard InChI is InChI=1S/C12H18ClN3O2/c1-17-10-6-11(18-2)15-12(14-10)16-5-3-4-9(7-13)8-16/h6,9H,3-5,7-8H2,1-2H3. The van der Waals surface area contributed by atoms with Crippen LogP contribution in [-0.4, -0.2) is 43.2 Å². The van der Waals surface area contributed by atoms with E-state index in [2.05, 4.69) is 14.9 Å². The zero-order valence-electron chi connectivity index (χ0n) is 10.7. The van der Waals surface area contributed by atoms with Gasteiger partial charge in [-0.1, -0.05) is 0 Å². The molecule has 1 fully saturated rings. The number of anilines is 1. The summed E-state index contributed by atoms with van der Waals surface area (Å²) in [6, 6.07) is 1.67. The Hall–Kier alpha value is -1.23. The van der Waals surface area contributed by atoms with Gasteiger partial charge in [-0.2, -0.15) is 9.97 Å². The van der Waals surface area contributed by atoms with Gasteiger partial charge in [0.1, 0.15) is 0 Å². The highest BCUT2D eigenvalue weighted by Gasteiger charge is 2.22. The molecule has 2 rings (SSSR count). The van der Waals surface area contributed by atoms with Crippen molar-refractivity contribution in [3.8, 4) is 11.8 Å². The molecule has 1 atom stereocenters. The van der Waals surface area contributed by atoms with Gasteiger partial charge in [0.2, 0.25) is 17.7 Å². The lowest BCUT2D eigenvalue weighted by atomic mass is 10.0. The number of alkyl halides is 1. The van der Waals surface area contributed by atoms with Crippen LogP contribution in [0, 0.1) is 5.92 Å². The highest BCUT2D eigenvalue weighted by atomic mass is 35.5. The number of rotatable bonds is 4. The number of nitrogens with zero attached hydrogens (tertiary/aromatic N) is 3. The third kappa shape index (κ3) is 2.96. The molecule has 1 aliphatic rings. The van der Waals surface area contributed by atoms with E-state index >= 15 is 0 Å².